The van der Waals surface area contributed by atoms with Gasteiger partial charge in [-0.15, -0.1) is 22.9 Å². The van der Waals surface area contributed by atoms with Crippen molar-refractivity contribution in [1.29, 1.82) is 0 Å². The fourth-order valence-corrected chi connectivity index (χ4v) is 3.33. The maximum Gasteiger partial charge on any atom is 0.0928 e. The van der Waals surface area contributed by atoms with Crippen molar-refractivity contribution in [3.8, 4) is 0 Å². The van der Waals surface area contributed by atoms with Gasteiger partial charge >= 0.3 is 0 Å². The van der Waals surface area contributed by atoms with Crippen molar-refractivity contribution < 1.29 is 0 Å². The van der Waals surface area contributed by atoms with Crippen LogP contribution in [0, 0.1) is 0 Å². The molecule has 0 N–H and O–H groups in total. The Morgan fingerprint density at radius 3 is 2.62 bits per heavy atom. The second-order valence-corrected chi connectivity index (χ2v) is 6.57. The molecule has 1 aromatic heterocycles. The minimum absolute atomic E-state index is 0.527. The van der Waals surface area contributed by atoms with Gasteiger partial charge < -0.3 is 4.90 Å². The van der Waals surface area contributed by atoms with Crippen molar-refractivity contribution >= 4 is 22.9 Å². The molecule has 0 radical (unpaired) electrons. The average Bonchev–Trinajstić information content (AvgIpc) is 2.98. The summed E-state index contributed by atoms with van der Waals surface area (Å²) >= 11 is 7.50. The molecule has 0 atom stereocenters. The van der Waals surface area contributed by atoms with E-state index in [0.717, 1.165) is 31.6 Å². The summed E-state index contributed by atoms with van der Waals surface area (Å²) in [6, 6.07) is 10.7. The number of aryl methyl sites for hydroxylation is 1. The van der Waals surface area contributed by atoms with Gasteiger partial charge in [0.2, 0.25) is 0 Å². The monoisotopic (exact) mass is 322 g/mol. The largest absolute Gasteiger partial charge is 0.306 e. The van der Waals surface area contributed by atoms with Gasteiger partial charge in [0.15, 0.2) is 0 Å². The summed E-state index contributed by atoms with van der Waals surface area (Å²) in [6.45, 7) is 2.28. The van der Waals surface area contributed by atoms with E-state index in [-0.39, 0.29) is 0 Å². The van der Waals surface area contributed by atoms with Crippen molar-refractivity contribution in [1.82, 2.24) is 9.88 Å². The summed E-state index contributed by atoms with van der Waals surface area (Å²) in [5, 5.41) is 3.28. The Kier molecular flexibility index (Phi) is 7.20. The molecule has 0 bridgehead atoms. The summed E-state index contributed by atoms with van der Waals surface area (Å²) < 4.78 is 0. The first kappa shape index (κ1) is 16.5. The van der Waals surface area contributed by atoms with E-state index in [0.29, 0.717) is 5.88 Å². The van der Waals surface area contributed by atoms with Crippen molar-refractivity contribution in [2.24, 2.45) is 0 Å². The van der Waals surface area contributed by atoms with E-state index >= 15 is 0 Å². The van der Waals surface area contributed by atoms with Gasteiger partial charge in [0.25, 0.3) is 0 Å². The van der Waals surface area contributed by atoms with Crippen LogP contribution in [0.5, 0.6) is 0 Å². The maximum atomic E-state index is 5.77. The zero-order valence-corrected chi connectivity index (χ0v) is 14.2. The van der Waals surface area contributed by atoms with Crippen LogP contribution in [0.25, 0.3) is 0 Å². The smallest absolute Gasteiger partial charge is 0.0928 e. The maximum absolute atomic E-state index is 5.77. The number of hydrogen-bond donors (Lipinski definition) is 0. The molecule has 2 rings (SSSR count). The number of aromatic nitrogens is 1. The minimum atomic E-state index is 0.527. The summed E-state index contributed by atoms with van der Waals surface area (Å²) in [6.07, 6.45) is 4.63. The molecular formula is C17H23ClN2S. The van der Waals surface area contributed by atoms with Crippen LogP contribution < -0.4 is 0 Å². The van der Waals surface area contributed by atoms with Crippen LogP contribution >= 0.6 is 22.9 Å². The van der Waals surface area contributed by atoms with Gasteiger partial charge in [-0.25, -0.2) is 4.98 Å². The second kappa shape index (κ2) is 9.19. The molecule has 0 fully saturated rings. The Hall–Kier alpha value is -0.900. The lowest BCUT2D eigenvalue weighted by Gasteiger charge is -2.16. The van der Waals surface area contributed by atoms with Crippen molar-refractivity contribution in [3.63, 3.8) is 0 Å². The molecular weight excluding hydrogens is 300 g/mol. The number of halogens is 1. The molecule has 21 heavy (non-hydrogen) atoms. The topological polar surface area (TPSA) is 16.1 Å². The minimum Gasteiger partial charge on any atom is -0.306 e. The molecule has 114 valence electrons. The van der Waals surface area contributed by atoms with Gasteiger partial charge in [-0.05, 0) is 44.8 Å². The van der Waals surface area contributed by atoms with Crippen molar-refractivity contribution in [3.05, 3.63) is 52.0 Å². The van der Waals surface area contributed by atoms with E-state index < -0.39 is 0 Å². The van der Waals surface area contributed by atoms with Gasteiger partial charge in [0, 0.05) is 11.9 Å². The molecule has 2 nitrogen and oxygen atoms in total. The van der Waals surface area contributed by atoms with E-state index in [9.17, 15) is 0 Å². The SMILES string of the molecule is CN(CCCCc1nc(CCl)cs1)CCc1ccccc1. The summed E-state index contributed by atoms with van der Waals surface area (Å²) in [5.41, 5.74) is 2.43. The van der Waals surface area contributed by atoms with E-state index in [2.05, 4.69) is 52.6 Å². The number of rotatable bonds is 9. The van der Waals surface area contributed by atoms with Gasteiger partial charge in [0.1, 0.15) is 0 Å². The number of nitrogens with zero attached hydrogens (tertiary/aromatic N) is 2. The number of alkyl halides is 1. The lowest BCUT2D eigenvalue weighted by molar-refractivity contribution is 0.330. The fraction of sp³-hybridized carbons (Fsp3) is 0.471. The highest BCUT2D eigenvalue weighted by atomic mass is 35.5. The molecule has 0 saturated carbocycles. The first-order valence-electron chi connectivity index (χ1n) is 7.49. The molecule has 0 aliphatic heterocycles. The number of thiazole rings is 1. The number of likely N-dealkylation sites (N-methyl/N-ethyl adjacent to an activating group) is 1. The highest BCUT2D eigenvalue weighted by molar-refractivity contribution is 7.09. The molecule has 1 aromatic carbocycles. The molecule has 2 aromatic rings. The third-order valence-corrected chi connectivity index (χ3v) is 4.77. The summed E-state index contributed by atoms with van der Waals surface area (Å²) in [4.78, 5) is 6.91. The Morgan fingerprint density at radius 2 is 1.90 bits per heavy atom. The van der Waals surface area contributed by atoms with Crippen LogP contribution in [-0.2, 0) is 18.7 Å². The van der Waals surface area contributed by atoms with Crippen LogP contribution in [0.4, 0.5) is 0 Å². The fourth-order valence-electron chi connectivity index (χ4n) is 2.26. The van der Waals surface area contributed by atoms with E-state index in [1.165, 1.54) is 23.4 Å². The predicted octanol–water partition coefficient (Wildman–Crippen LogP) is 4.38. The second-order valence-electron chi connectivity index (χ2n) is 5.36. The number of hydrogen-bond acceptors (Lipinski definition) is 3. The van der Waals surface area contributed by atoms with Crippen LogP contribution in [0.2, 0.25) is 0 Å². The summed E-state index contributed by atoms with van der Waals surface area (Å²) in [7, 11) is 2.21. The molecule has 0 aliphatic rings. The first-order valence-corrected chi connectivity index (χ1v) is 8.91. The first-order chi connectivity index (χ1) is 10.3. The van der Waals surface area contributed by atoms with E-state index in [1.54, 1.807) is 11.3 Å². The van der Waals surface area contributed by atoms with Crippen molar-refractivity contribution in [2.45, 2.75) is 31.6 Å². The van der Waals surface area contributed by atoms with Gasteiger partial charge in [-0.1, -0.05) is 30.3 Å². The molecule has 0 saturated heterocycles. The van der Waals surface area contributed by atoms with E-state index in [1.807, 2.05) is 0 Å². The average molecular weight is 323 g/mol. The van der Waals surface area contributed by atoms with Crippen LogP contribution in [-0.4, -0.2) is 30.0 Å². The molecule has 0 aliphatic carbocycles. The molecule has 4 heteroatoms. The van der Waals surface area contributed by atoms with Crippen molar-refractivity contribution in [2.75, 3.05) is 20.1 Å². The standard InChI is InChI=1S/C17H23ClN2S/c1-20(12-10-15-7-3-2-4-8-15)11-6-5-9-17-19-16(13-18)14-21-17/h2-4,7-8,14H,5-6,9-13H2,1H3. The highest BCUT2D eigenvalue weighted by Gasteiger charge is 2.03. The Labute approximate surface area is 136 Å². The highest BCUT2D eigenvalue weighted by Crippen LogP contribution is 2.14. The van der Waals surface area contributed by atoms with Crippen LogP contribution in [0.15, 0.2) is 35.7 Å². The van der Waals surface area contributed by atoms with Gasteiger partial charge in [0.05, 0.1) is 16.6 Å². The van der Waals surface area contributed by atoms with E-state index in [4.69, 9.17) is 11.6 Å². The van der Waals surface area contributed by atoms with Crippen LogP contribution in [0.3, 0.4) is 0 Å². The Balaban J connectivity index is 1.57. The molecule has 0 amide bonds. The molecule has 1 heterocycles. The lowest BCUT2D eigenvalue weighted by atomic mass is 10.1. The Bertz CT molecular complexity index is 513. The van der Waals surface area contributed by atoms with Crippen LogP contribution in [0.1, 0.15) is 29.1 Å². The molecule has 0 unspecified atom stereocenters. The predicted molar refractivity (Wildman–Crippen MR) is 92.3 cm³/mol. The lowest BCUT2D eigenvalue weighted by Crippen LogP contribution is -2.22. The Morgan fingerprint density at radius 1 is 1.10 bits per heavy atom. The normalized spacial score (nSPS) is 11.2. The number of benzene rings is 1. The zero-order chi connectivity index (χ0) is 14.9. The molecule has 0 spiro atoms. The summed E-state index contributed by atoms with van der Waals surface area (Å²) in [5.74, 6) is 0.527. The third-order valence-electron chi connectivity index (χ3n) is 3.54. The van der Waals surface area contributed by atoms with Gasteiger partial charge in [-0.2, -0.15) is 0 Å². The van der Waals surface area contributed by atoms with Gasteiger partial charge in [-0.3, -0.25) is 0 Å². The third kappa shape index (κ3) is 6.16. The zero-order valence-electron chi connectivity index (χ0n) is 12.6. The number of unbranched alkanes of at least 4 members (excludes halogenated alkanes) is 1. The quantitative estimate of drug-likeness (QED) is 0.503.